The SMILES string of the molecule is O=C(OCc1cc(-c2ccc(C(F)(F)F)cc2)no1)c1ccc(C(F)(F)F)nc1. The zero-order chi connectivity index (χ0) is 21.2. The molecule has 2 heterocycles. The Morgan fingerprint density at radius 3 is 2.21 bits per heavy atom. The van der Waals surface area contributed by atoms with E-state index in [1.54, 1.807) is 0 Å². The lowest BCUT2D eigenvalue weighted by Crippen LogP contribution is -2.10. The molecule has 0 saturated heterocycles. The summed E-state index contributed by atoms with van der Waals surface area (Å²) < 4.78 is 85.0. The highest BCUT2D eigenvalue weighted by molar-refractivity contribution is 5.88. The summed E-state index contributed by atoms with van der Waals surface area (Å²) in [5, 5.41) is 3.68. The maximum atomic E-state index is 12.6. The fourth-order valence-electron chi connectivity index (χ4n) is 2.25. The second-order valence-electron chi connectivity index (χ2n) is 5.76. The van der Waals surface area contributed by atoms with Crippen LogP contribution in [-0.4, -0.2) is 16.1 Å². The number of aromatic nitrogens is 2. The van der Waals surface area contributed by atoms with E-state index in [1.807, 2.05) is 0 Å². The van der Waals surface area contributed by atoms with E-state index in [1.165, 1.54) is 18.2 Å². The first-order chi connectivity index (χ1) is 13.5. The van der Waals surface area contributed by atoms with Gasteiger partial charge in [0.25, 0.3) is 0 Å². The van der Waals surface area contributed by atoms with E-state index in [0.29, 0.717) is 11.6 Å². The number of rotatable bonds is 4. The van der Waals surface area contributed by atoms with Gasteiger partial charge in [0.2, 0.25) is 0 Å². The largest absolute Gasteiger partial charge is 0.454 e. The van der Waals surface area contributed by atoms with E-state index in [4.69, 9.17) is 9.26 Å². The van der Waals surface area contributed by atoms with Crippen LogP contribution in [0.4, 0.5) is 26.3 Å². The Labute approximate surface area is 158 Å². The molecule has 0 atom stereocenters. The smallest absolute Gasteiger partial charge is 0.433 e. The third-order valence-corrected chi connectivity index (χ3v) is 3.70. The summed E-state index contributed by atoms with van der Waals surface area (Å²) in [5.74, 6) is -0.841. The van der Waals surface area contributed by atoms with Crippen LogP contribution >= 0.6 is 0 Å². The van der Waals surface area contributed by atoms with E-state index >= 15 is 0 Å². The predicted octanol–water partition coefficient (Wildman–Crippen LogP) is 5.13. The minimum atomic E-state index is -4.63. The average molecular weight is 416 g/mol. The van der Waals surface area contributed by atoms with Crippen molar-refractivity contribution in [1.82, 2.24) is 10.1 Å². The number of pyridine rings is 1. The molecule has 11 heteroatoms. The van der Waals surface area contributed by atoms with Gasteiger partial charge in [0.1, 0.15) is 11.4 Å². The predicted molar refractivity (Wildman–Crippen MR) is 85.3 cm³/mol. The van der Waals surface area contributed by atoms with Crippen LogP contribution in [0.15, 0.2) is 53.2 Å². The first-order valence-corrected chi connectivity index (χ1v) is 7.87. The van der Waals surface area contributed by atoms with Crippen molar-refractivity contribution in [3.05, 3.63) is 71.2 Å². The van der Waals surface area contributed by atoms with Crippen LogP contribution in [0.2, 0.25) is 0 Å². The minimum absolute atomic E-state index is 0.0909. The number of benzene rings is 1. The average Bonchev–Trinajstić information content (AvgIpc) is 3.14. The normalized spacial score (nSPS) is 12.1. The Hall–Kier alpha value is -3.37. The highest BCUT2D eigenvalue weighted by atomic mass is 19.4. The maximum Gasteiger partial charge on any atom is 0.433 e. The number of carbonyl (C=O) groups is 1. The molecule has 3 aromatic rings. The van der Waals surface area contributed by atoms with Gasteiger partial charge >= 0.3 is 18.3 Å². The number of hydrogen-bond donors (Lipinski definition) is 0. The molecule has 0 fully saturated rings. The van der Waals surface area contributed by atoms with Gasteiger partial charge in [-0.15, -0.1) is 0 Å². The van der Waals surface area contributed by atoms with Crippen LogP contribution < -0.4 is 0 Å². The highest BCUT2D eigenvalue weighted by Crippen LogP contribution is 2.31. The van der Waals surface area contributed by atoms with Crippen molar-refractivity contribution in [2.75, 3.05) is 0 Å². The zero-order valence-corrected chi connectivity index (χ0v) is 14.2. The lowest BCUT2D eigenvalue weighted by molar-refractivity contribution is -0.141. The van der Waals surface area contributed by atoms with Crippen molar-refractivity contribution in [2.24, 2.45) is 0 Å². The van der Waals surface area contributed by atoms with Gasteiger partial charge in [-0.25, -0.2) is 4.79 Å². The Balaban J connectivity index is 1.62. The monoisotopic (exact) mass is 416 g/mol. The van der Waals surface area contributed by atoms with Gasteiger partial charge in [0.15, 0.2) is 12.4 Å². The minimum Gasteiger partial charge on any atom is -0.454 e. The van der Waals surface area contributed by atoms with Gasteiger partial charge in [-0.2, -0.15) is 26.3 Å². The van der Waals surface area contributed by atoms with Gasteiger partial charge < -0.3 is 9.26 Å². The Morgan fingerprint density at radius 1 is 0.966 bits per heavy atom. The van der Waals surface area contributed by atoms with Gasteiger partial charge in [-0.3, -0.25) is 4.98 Å². The second kappa shape index (κ2) is 7.57. The van der Waals surface area contributed by atoms with Gasteiger partial charge in [0, 0.05) is 17.8 Å². The fraction of sp³-hybridized carbons (Fsp3) is 0.167. The fourth-order valence-corrected chi connectivity index (χ4v) is 2.25. The van der Waals surface area contributed by atoms with Crippen LogP contribution in [0.5, 0.6) is 0 Å². The molecule has 0 saturated carbocycles. The summed E-state index contributed by atoms with van der Waals surface area (Å²) in [6, 6.07) is 7.14. The summed E-state index contributed by atoms with van der Waals surface area (Å²) >= 11 is 0. The van der Waals surface area contributed by atoms with Crippen molar-refractivity contribution in [2.45, 2.75) is 19.0 Å². The molecule has 0 amide bonds. The lowest BCUT2D eigenvalue weighted by Gasteiger charge is -2.06. The van der Waals surface area contributed by atoms with E-state index in [-0.39, 0.29) is 23.6 Å². The molecule has 0 spiro atoms. The molecule has 152 valence electrons. The number of hydrogen-bond acceptors (Lipinski definition) is 5. The van der Waals surface area contributed by atoms with Crippen LogP contribution in [0.1, 0.15) is 27.4 Å². The number of alkyl halides is 6. The maximum absolute atomic E-state index is 12.6. The van der Waals surface area contributed by atoms with Gasteiger partial charge in [0.05, 0.1) is 11.1 Å². The molecule has 29 heavy (non-hydrogen) atoms. The number of nitrogens with zero attached hydrogens (tertiary/aromatic N) is 2. The number of esters is 1. The second-order valence-corrected chi connectivity index (χ2v) is 5.76. The Bertz CT molecular complexity index is 992. The molecule has 0 radical (unpaired) electrons. The number of halogens is 6. The van der Waals surface area contributed by atoms with Crippen molar-refractivity contribution in [3.8, 4) is 11.3 Å². The summed E-state index contributed by atoms with van der Waals surface area (Å²) in [5.41, 5.74) is -1.58. The zero-order valence-electron chi connectivity index (χ0n) is 14.2. The first kappa shape index (κ1) is 20.4. The Kier molecular flexibility index (Phi) is 5.31. The summed E-state index contributed by atoms with van der Waals surface area (Å²) in [4.78, 5) is 15.0. The van der Waals surface area contributed by atoms with Crippen molar-refractivity contribution in [3.63, 3.8) is 0 Å². The third-order valence-electron chi connectivity index (χ3n) is 3.70. The molecular weight excluding hydrogens is 406 g/mol. The van der Waals surface area contributed by atoms with Crippen molar-refractivity contribution >= 4 is 5.97 Å². The number of carbonyl (C=O) groups excluding carboxylic acids is 1. The molecular formula is C18H10F6N2O3. The van der Waals surface area contributed by atoms with Crippen LogP contribution in [0.3, 0.4) is 0 Å². The van der Waals surface area contributed by atoms with E-state index in [9.17, 15) is 31.1 Å². The van der Waals surface area contributed by atoms with E-state index < -0.39 is 29.6 Å². The van der Waals surface area contributed by atoms with Gasteiger partial charge in [-0.05, 0) is 24.3 Å². The summed E-state index contributed by atoms with van der Waals surface area (Å²) in [6.07, 6.45) is -8.36. The van der Waals surface area contributed by atoms with Crippen molar-refractivity contribution in [1.29, 1.82) is 0 Å². The molecule has 2 aromatic heterocycles. The lowest BCUT2D eigenvalue weighted by atomic mass is 10.1. The summed E-state index contributed by atoms with van der Waals surface area (Å²) in [6.45, 7) is -0.381. The molecule has 1 aromatic carbocycles. The summed E-state index contributed by atoms with van der Waals surface area (Å²) in [7, 11) is 0. The number of ether oxygens (including phenoxy) is 1. The molecule has 0 aliphatic rings. The molecule has 5 nitrogen and oxygen atoms in total. The molecule has 0 bridgehead atoms. The molecule has 0 aliphatic heterocycles. The quantitative estimate of drug-likeness (QED) is 0.436. The van der Waals surface area contributed by atoms with Crippen LogP contribution in [0.25, 0.3) is 11.3 Å². The third kappa shape index (κ3) is 4.92. The molecule has 0 unspecified atom stereocenters. The van der Waals surface area contributed by atoms with E-state index in [0.717, 1.165) is 24.4 Å². The van der Waals surface area contributed by atoms with Crippen molar-refractivity contribution < 1.29 is 40.4 Å². The molecule has 0 N–H and O–H groups in total. The molecule has 3 rings (SSSR count). The van der Waals surface area contributed by atoms with Crippen LogP contribution in [-0.2, 0) is 23.7 Å². The molecule has 0 aliphatic carbocycles. The van der Waals surface area contributed by atoms with Gasteiger partial charge in [-0.1, -0.05) is 17.3 Å². The standard InChI is InChI=1S/C18H10F6N2O3/c19-17(20,21)12-4-1-10(2-5-12)14-7-13(29-26-14)9-28-16(27)11-3-6-15(25-8-11)18(22,23)24/h1-8H,9H2. The van der Waals surface area contributed by atoms with Crippen LogP contribution in [0, 0.1) is 0 Å². The first-order valence-electron chi connectivity index (χ1n) is 7.87. The Morgan fingerprint density at radius 2 is 1.66 bits per heavy atom. The highest BCUT2D eigenvalue weighted by Gasteiger charge is 2.32. The van der Waals surface area contributed by atoms with E-state index in [2.05, 4.69) is 10.1 Å². The topological polar surface area (TPSA) is 65.2 Å².